The highest BCUT2D eigenvalue weighted by Gasteiger charge is 2.13. The second-order valence-corrected chi connectivity index (χ2v) is 4.03. The summed E-state index contributed by atoms with van der Waals surface area (Å²) in [5.41, 5.74) is 0.855. The Morgan fingerprint density at radius 1 is 1.18 bits per heavy atom. The van der Waals surface area contributed by atoms with E-state index in [1.807, 2.05) is 18.2 Å². The number of hydrogen-bond acceptors (Lipinski definition) is 3. The van der Waals surface area contributed by atoms with Gasteiger partial charge in [0.1, 0.15) is 11.3 Å². The Kier molecular flexibility index (Phi) is 3.57. The van der Waals surface area contributed by atoms with Gasteiger partial charge in [-0.25, -0.2) is 0 Å². The van der Waals surface area contributed by atoms with Gasteiger partial charge in [0.15, 0.2) is 11.5 Å². The molecule has 3 nitrogen and oxygen atoms in total. The maximum absolute atomic E-state index is 5.78. The minimum absolute atomic E-state index is 0.739. The van der Waals surface area contributed by atoms with Crippen molar-refractivity contribution in [3.63, 3.8) is 0 Å². The largest absolute Gasteiger partial charge is 0.493 e. The zero-order chi connectivity index (χ0) is 12.3. The molecule has 0 atom stereocenters. The molecule has 0 aliphatic heterocycles. The molecule has 0 fully saturated rings. The summed E-state index contributed by atoms with van der Waals surface area (Å²) in [5, 5.41) is 0.984. The third-order valence-corrected chi connectivity index (χ3v) is 2.87. The molecule has 0 spiro atoms. The monoisotopic (exact) mass is 234 g/mol. The summed E-state index contributed by atoms with van der Waals surface area (Å²) in [6, 6.07) is 5.84. The number of benzene rings is 1. The molecule has 0 saturated heterocycles. The van der Waals surface area contributed by atoms with Crippen LogP contribution in [0.3, 0.4) is 0 Å². The normalized spacial score (nSPS) is 10.8. The molecule has 0 radical (unpaired) electrons. The van der Waals surface area contributed by atoms with E-state index in [9.17, 15) is 0 Å². The van der Waals surface area contributed by atoms with E-state index in [-0.39, 0.29) is 0 Å². The third kappa shape index (κ3) is 2.23. The molecule has 0 saturated carbocycles. The SMILES string of the molecule is CCCCc1cc2c(OC)c(OC)ccc2o1. The molecule has 1 aromatic carbocycles. The van der Waals surface area contributed by atoms with Crippen LogP contribution >= 0.6 is 0 Å². The summed E-state index contributed by atoms with van der Waals surface area (Å²) >= 11 is 0. The molecule has 92 valence electrons. The van der Waals surface area contributed by atoms with Crippen LogP contribution in [0.2, 0.25) is 0 Å². The van der Waals surface area contributed by atoms with Crippen molar-refractivity contribution >= 4 is 11.0 Å². The molecular formula is C14H18O3. The second-order valence-electron chi connectivity index (χ2n) is 4.03. The van der Waals surface area contributed by atoms with E-state index in [1.165, 1.54) is 0 Å². The van der Waals surface area contributed by atoms with Crippen LogP contribution in [0.5, 0.6) is 11.5 Å². The lowest BCUT2D eigenvalue weighted by molar-refractivity contribution is 0.358. The first-order chi connectivity index (χ1) is 8.30. The van der Waals surface area contributed by atoms with E-state index in [2.05, 4.69) is 6.92 Å². The highest BCUT2D eigenvalue weighted by atomic mass is 16.5. The van der Waals surface area contributed by atoms with Crippen molar-refractivity contribution in [1.29, 1.82) is 0 Å². The smallest absolute Gasteiger partial charge is 0.171 e. The molecule has 3 heteroatoms. The molecule has 1 heterocycles. The van der Waals surface area contributed by atoms with Gasteiger partial charge in [-0.1, -0.05) is 13.3 Å². The first-order valence-corrected chi connectivity index (χ1v) is 5.93. The van der Waals surface area contributed by atoms with Gasteiger partial charge in [-0.05, 0) is 24.6 Å². The Morgan fingerprint density at radius 2 is 2.00 bits per heavy atom. The fraction of sp³-hybridized carbons (Fsp3) is 0.429. The second kappa shape index (κ2) is 5.13. The Morgan fingerprint density at radius 3 is 2.65 bits per heavy atom. The van der Waals surface area contributed by atoms with Gasteiger partial charge in [-0.15, -0.1) is 0 Å². The molecule has 17 heavy (non-hydrogen) atoms. The van der Waals surface area contributed by atoms with E-state index in [4.69, 9.17) is 13.9 Å². The minimum atomic E-state index is 0.739. The van der Waals surface area contributed by atoms with Crippen molar-refractivity contribution in [1.82, 2.24) is 0 Å². The average molecular weight is 234 g/mol. The van der Waals surface area contributed by atoms with Crippen LogP contribution in [0.1, 0.15) is 25.5 Å². The summed E-state index contributed by atoms with van der Waals surface area (Å²) in [6.45, 7) is 2.17. The van der Waals surface area contributed by atoms with E-state index >= 15 is 0 Å². The minimum Gasteiger partial charge on any atom is -0.493 e. The number of ether oxygens (including phenoxy) is 2. The molecule has 0 bridgehead atoms. The van der Waals surface area contributed by atoms with Gasteiger partial charge in [0.25, 0.3) is 0 Å². The van der Waals surface area contributed by atoms with Crippen LogP contribution in [-0.2, 0) is 6.42 Å². The fourth-order valence-electron chi connectivity index (χ4n) is 1.96. The first kappa shape index (κ1) is 11.8. The molecule has 0 N–H and O–H groups in total. The lowest BCUT2D eigenvalue weighted by Crippen LogP contribution is -1.89. The Balaban J connectivity index is 2.45. The molecule has 0 unspecified atom stereocenters. The number of methoxy groups -OCH3 is 2. The van der Waals surface area contributed by atoms with Crippen LogP contribution in [0.25, 0.3) is 11.0 Å². The van der Waals surface area contributed by atoms with E-state index in [0.717, 1.165) is 47.5 Å². The van der Waals surface area contributed by atoms with Crippen LogP contribution in [0, 0.1) is 0 Å². The molecule has 0 aliphatic rings. The summed E-state index contributed by atoms with van der Waals surface area (Å²) in [7, 11) is 3.29. The number of fused-ring (bicyclic) bond motifs is 1. The summed E-state index contributed by atoms with van der Waals surface area (Å²) in [4.78, 5) is 0. The van der Waals surface area contributed by atoms with E-state index in [0.29, 0.717) is 0 Å². The van der Waals surface area contributed by atoms with Crippen LogP contribution in [0.4, 0.5) is 0 Å². The van der Waals surface area contributed by atoms with Crippen molar-refractivity contribution in [2.24, 2.45) is 0 Å². The quantitative estimate of drug-likeness (QED) is 0.788. The van der Waals surface area contributed by atoms with Crippen LogP contribution < -0.4 is 9.47 Å². The van der Waals surface area contributed by atoms with Crippen molar-refractivity contribution in [3.05, 3.63) is 24.0 Å². The highest BCUT2D eigenvalue weighted by Crippen LogP contribution is 2.37. The summed E-state index contributed by atoms with van der Waals surface area (Å²) in [6.07, 6.45) is 3.27. The van der Waals surface area contributed by atoms with Gasteiger partial charge in [-0.2, -0.15) is 0 Å². The van der Waals surface area contributed by atoms with Crippen LogP contribution in [0.15, 0.2) is 22.6 Å². The van der Waals surface area contributed by atoms with E-state index in [1.54, 1.807) is 14.2 Å². The Labute approximate surface area is 101 Å². The zero-order valence-electron chi connectivity index (χ0n) is 10.6. The van der Waals surface area contributed by atoms with Gasteiger partial charge in [0, 0.05) is 6.42 Å². The maximum atomic E-state index is 5.78. The Bertz CT molecular complexity index is 499. The molecule has 0 amide bonds. The number of furan rings is 1. The number of hydrogen-bond donors (Lipinski definition) is 0. The van der Waals surface area contributed by atoms with Crippen molar-refractivity contribution in [2.75, 3.05) is 14.2 Å². The lowest BCUT2D eigenvalue weighted by atomic mass is 10.2. The van der Waals surface area contributed by atoms with Crippen LogP contribution in [-0.4, -0.2) is 14.2 Å². The zero-order valence-corrected chi connectivity index (χ0v) is 10.6. The third-order valence-electron chi connectivity index (χ3n) is 2.87. The topological polar surface area (TPSA) is 31.6 Å². The summed E-state index contributed by atoms with van der Waals surface area (Å²) < 4.78 is 16.4. The van der Waals surface area contributed by atoms with Crippen molar-refractivity contribution in [3.8, 4) is 11.5 Å². The van der Waals surface area contributed by atoms with Crippen molar-refractivity contribution in [2.45, 2.75) is 26.2 Å². The number of aryl methyl sites for hydroxylation is 1. The van der Waals surface area contributed by atoms with Gasteiger partial charge >= 0.3 is 0 Å². The van der Waals surface area contributed by atoms with Crippen molar-refractivity contribution < 1.29 is 13.9 Å². The van der Waals surface area contributed by atoms with Gasteiger partial charge in [0.2, 0.25) is 0 Å². The highest BCUT2D eigenvalue weighted by molar-refractivity contribution is 5.87. The molecule has 2 aromatic rings. The van der Waals surface area contributed by atoms with Gasteiger partial charge in [-0.3, -0.25) is 0 Å². The standard InChI is InChI=1S/C14H18O3/c1-4-5-6-10-9-11-12(17-10)7-8-13(15-2)14(11)16-3/h7-9H,4-6H2,1-3H3. The van der Waals surface area contributed by atoms with Gasteiger partial charge in [0.05, 0.1) is 19.6 Å². The summed E-state index contributed by atoms with van der Waals surface area (Å²) in [5.74, 6) is 2.49. The molecule has 1 aromatic heterocycles. The average Bonchev–Trinajstić information content (AvgIpc) is 2.77. The Hall–Kier alpha value is -1.64. The number of unbranched alkanes of at least 4 members (excludes halogenated alkanes) is 1. The number of rotatable bonds is 5. The first-order valence-electron chi connectivity index (χ1n) is 5.93. The predicted octanol–water partition coefficient (Wildman–Crippen LogP) is 3.79. The van der Waals surface area contributed by atoms with Gasteiger partial charge < -0.3 is 13.9 Å². The maximum Gasteiger partial charge on any atom is 0.171 e. The molecule has 0 aliphatic carbocycles. The predicted molar refractivity (Wildman–Crippen MR) is 67.9 cm³/mol. The van der Waals surface area contributed by atoms with E-state index < -0.39 is 0 Å². The molecule has 2 rings (SSSR count). The molecular weight excluding hydrogens is 216 g/mol. The lowest BCUT2D eigenvalue weighted by Gasteiger charge is -2.06. The fourth-order valence-corrected chi connectivity index (χ4v) is 1.96.